The average Bonchev–Trinajstić information content (AvgIpc) is 2.82. The summed E-state index contributed by atoms with van der Waals surface area (Å²) in [6.45, 7) is 1.85. The zero-order valence-corrected chi connectivity index (χ0v) is 9.56. The van der Waals surface area contributed by atoms with E-state index in [1.165, 1.54) is 24.8 Å². The van der Waals surface area contributed by atoms with E-state index in [0.29, 0.717) is 6.04 Å². The summed E-state index contributed by atoms with van der Waals surface area (Å²) in [4.78, 5) is 0. The first-order valence-corrected chi connectivity index (χ1v) is 6.29. The molecule has 3 unspecified atom stereocenters. The molecule has 1 aliphatic heterocycles. The quantitative estimate of drug-likeness (QED) is 0.833. The maximum atomic E-state index is 5.38. The van der Waals surface area contributed by atoms with Crippen molar-refractivity contribution in [2.45, 2.75) is 31.3 Å². The lowest BCUT2D eigenvalue weighted by molar-refractivity contribution is 0.189. The van der Waals surface area contributed by atoms with Crippen molar-refractivity contribution in [1.82, 2.24) is 5.32 Å². The van der Waals surface area contributed by atoms with Crippen LogP contribution in [0.15, 0.2) is 30.3 Å². The molecule has 0 radical (unpaired) electrons. The Morgan fingerprint density at radius 2 is 2.12 bits per heavy atom. The second-order valence-corrected chi connectivity index (χ2v) is 5.02. The summed E-state index contributed by atoms with van der Waals surface area (Å²) in [5.74, 6) is 0.850. The summed E-state index contributed by atoms with van der Waals surface area (Å²) in [7, 11) is 0. The highest BCUT2D eigenvalue weighted by molar-refractivity contribution is 5.17. The van der Waals surface area contributed by atoms with Gasteiger partial charge in [0.15, 0.2) is 0 Å². The van der Waals surface area contributed by atoms with Gasteiger partial charge >= 0.3 is 0 Å². The molecule has 0 spiro atoms. The van der Waals surface area contributed by atoms with Crippen molar-refractivity contribution in [2.24, 2.45) is 5.92 Å². The van der Waals surface area contributed by atoms with Gasteiger partial charge in [-0.05, 0) is 30.7 Å². The fraction of sp³-hybridized carbons (Fsp3) is 0.571. The van der Waals surface area contributed by atoms with Crippen molar-refractivity contribution in [2.75, 3.05) is 13.2 Å². The maximum absolute atomic E-state index is 5.38. The first-order valence-electron chi connectivity index (χ1n) is 6.29. The van der Waals surface area contributed by atoms with Gasteiger partial charge in [0.2, 0.25) is 0 Å². The number of nitrogens with one attached hydrogen (secondary N) is 1. The third kappa shape index (κ3) is 2.45. The molecular weight excluding hydrogens is 198 g/mol. The van der Waals surface area contributed by atoms with E-state index in [1.807, 2.05) is 0 Å². The van der Waals surface area contributed by atoms with Crippen LogP contribution < -0.4 is 5.32 Å². The van der Waals surface area contributed by atoms with Crippen molar-refractivity contribution in [3.05, 3.63) is 35.9 Å². The van der Waals surface area contributed by atoms with Crippen LogP contribution in [-0.2, 0) is 11.2 Å². The van der Waals surface area contributed by atoms with Gasteiger partial charge in [-0.1, -0.05) is 30.3 Å². The van der Waals surface area contributed by atoms with E-state index in [2.05, 4.69) is 35.6 Å². The Morgan fingerprint density at radius 1 is 1.25 bits per heavy atom. The van der Waals surface area contributed by atoms with E-state index in [9.17, 15) is 0 Å². The van der Waals surface area contributed by atoms with Gasteiger partial charge in [-0.3, -0.25) is 0 Å². The summed E-state index contributed by atoms with van der Waals surface area (Å²) in [6, 6.07) is 12.2. The molecule has 2 fully saturated rings. The van der Waals surface area contributed by atoms with Crippen molar-refractivity contribution in [3.63, 3.8) is 0 Å². The van der Waals surface area contributed by atoms with E-state index >= 15 is 0 Å². The lowest BCUT2D eigenvalue weighted by Crippen LogP contribution is -2.32. The predicted molar refractivity (Wildman–Crippen MR) is 64.4 cm³/mol. The molecular formula is C14H19NO. The molecule has 1 saturated carbocycles. The summed E-state index contributed by atoms with van der Waals surface area (Å²) in [5.41, 5.74) is 1.47. The van der Waals surface area contributed by atoms with Gasteiger partial charge in [-0.15, -0.1) is 0 Å². The fourth-order valence-corrected chi connectivity index (χ4v) is 2.56. The number of rotatable bonds is 4. The van der Waals surface area contributed by atoms with Gasteiger partial charge in [-0.25, -0.2) is 0 Å². The second-order valence-electron chi connectivity index (χ2n) is 5.02. The second kappa shape index (κ2) is 4.56. The molecule has 1 aromatic carbocycles. The van der Waals surface area contributed by atoms with Gasteiger partial charge in [0.25, 0.3) is 0 Å². The van der Waals surface area contributed by atoms with Crippen LogP contribution in [0.3, 0.4) is 0 Å². The van der Waals surface area contributed by atoms with Crippen LogP contribution >= 0.6 is 0 Å². The van der Waals surface area contributed by atoms with E-state index in [1.54, 1.807) is 0 Å². The van der Waals surface area contributed by atoms with Crippen LogP contribution in [0, 0.1) is 5.92 Å². The molecule has 1 N–H and O–H groups in total. The number of hydrogen-bond donors (Lipinski definition) is 1. The highest BCUT2D eigenvalue weighted by Gasteiger charge is 2.38. The largest absolute Gasteiger partial charge is 0.380 e. The molecule has 0 bridgehead atoms. The Balaban J connectivity index is 1.45. The molecule has 0 aromatic heterocycles. The normalized spacial score (nSPS) is 32.9. The maximum Gasteiger partial charge on any atom is 0.0620 e. The zero-order valence-electron chi connectivity index (χ0n) is 9.56. The van der Waals surface area contributed by atoms with Crippen LogP contribution in [0.4, 0.5) is 0 Å². The van der Waals surface area contributed by atoms with Gasteiger partial charge in [0.1, 0.15) is 0 Å². The number of benzene rings is 1. The molecule has 86 valence electrons. The fourth-order valence-electron chi connectivity index (χ4n) is 2.56. The van der Waals surface area contributed by atoms with Gasteiger partial charge in [0, 0.05) is 18.7 Å². The summed E-state index contributed by atoms with van der Waals surface area (Å²) >= 11 is 0. The molecule has 1 saturated heterocycles. The highest BCUT2D eigenvalue weighted by Crippen LogP contribution is 2.34. The van der Waals surface area contributed by atoms with Gasteiger partial charge in [0.05, 0.1) is 6.61 Å². The molecule has 1 aromatic rings. The molecule has 3 atom stereocenters. The molecule has 16 heavy (non-hydrogen) atoms. The van der Waals surface area contributed by atoms with E-state index in [4.69, 9.17) is 4.74 Å². The molecule has 2 nitrogen and oxygen atoms in total. The summed E-state index contributed by atoms with van der Waals surface area (Å²) < 4.78 is 5.38. The van der Waals surface area contributed by atoms with Crippen molar-refractivity contribution < 1.29 is 4.74 Å². The summed E-state index contributed by atoms with van der Waals surface area (Å²) in [5, 5.41) is 3.70. The van der Waals surface area contributed by atoms with Crippen LogP contribution in [0.25, 0.3) is 0 Å². The minimum absolute atomic E-state index is 0.616. The van der Waals surface area contributed by atoms with E-state index < -0.39 is 0 Å². The molecule has 2 heteroatoms. The Morgan fingerprint density at radius 3 is 2.88 bits per heavy atom. The van der Waals surface area contributed by atoms with Crippen LogP contribution in [-0.4, -0.2) is 25.3 Å². The molecule has 0 amide bonds. The van der Waals surface area contributed by atoms with Gasteiger partial charge in [-0.2, -0.15) is 0 Å². The van der Waals surface area contributed by atoms with Crippen LogP contribution in [0.5, 0.6) is 0 Å². The first kappa shape index (κ1) is 10.3. The number of ether oxygens (including phenoxy) is 1. The minimum atomic E-state index is 0.616. The first-order chi connectivity index (χ1) is 7.92. The monoisotopic (exact) mass is 217 g/mol. The van der Waals surface area contributed by atoms with E-state index in [0.717, 1.165) is 25.2 Å². The average molecular weight is 217 g/mol. The van der Waals surface area contributed by atoms with Gasteiger partial charge < -0.3 is 10.1 Å². The predicted octanol–water partition coefficient (Wildman–Crippen LogP) is 2.00. The Bertz CT molecular complexity index is 332. The van der Waals surface area contributed by atoms with Crippen molar-refractivity contribution >= 4 is 0 Å². The standard InChI is InChI=1S/C14H19NO/c1-2-4-11(5-3-1)8-12-9-14(12)15-13-6-7-16-10-13/h1-5,12-15H,6-10H2. The topological polar surface area (TPSA) is 21.3 Å². The zero-order chi connectivity index (χ0) is 10.8. The van der Waals surface area contributed by atoms with Crippen LogP contribution in [0.2, 0.25) is 0 Å². The third-order valence-electron chi connectivity index (χ3n) is 3.64. The third-order valence-corrected chi connectivity index (χ3v) is 3.64. The lowest BCUT2D eigenvalue weighted by Gasteiger charge is -2.09. The highest BCUT2D eigenvalue weighted by atomic mass is 16.5. The van der Waals surface area contributed by atoms with Crippen molar-refractivity contribution in [3.8, 4) is 0 Å². The summed E-state index contributed by atoms with van der Waals surface area (Å²) in [6.07, 6.45) is 3.76. The minimum Gasteiger partial charge on any atom is -0.380 e. The Kier molecular flexibility index (Phi) is 2.94. The van der Waals surface area contributed by atoms with Crippen LogP contribution in [0.1, 0.15) is 18.4 Å². The lowest BCUT2D eigenvalue weighted by atomic mass is 10.1. The smallest absolute Gasteiger partial charge is 0.0620 e. The molecule has 1 heterocycles. The van der Waals surface area contributed by atoms with Crippen molar-refractivity contribution in [1.29, 1.82) is 0 Å². The Hall–Kier alpha value is -0.860. The van der Waals surface area contributed by atoms with E-state index in [-0.39, 0.29) is 0 Å². The molecule has 2 aliphatic rings. The molecule has 1 aliphatic carbocycles. The number of hydrogen-bond acceptors (Lipinski definition) is 2. The molecule has 3 rings (SSSR count). The Labute approximate surface area is 97.0 Å². The SMILES string of the molecule is c1ccc(CC2CC2NC2CCOC2)cc1.